The summed E-state index contributed by atoms with van der Waals surface area (Å²) < 4.78 is 17.6. The Labute approximate surface area is 66.9 Å². The minimum absolute atomic E-state index is 0.404. The largest absolute Gasteiger partial charge is 0.494 e. The van der Waals surface area contributed by atoms with Crippen LogP contribution in [0.4, 0.5) is 4.39 Å². The predicted octanol–water partition coefficient (Wildman–Crippen LogP) is 2.97. The summed E-state index contributed by atoms with van der Waals surface area (Å²) in [5, 5.41) is 0. The number of ether oxygens (including phenoxy) is 1. The molecule has 0 saturated heterocycles. The van der Waals surface area contributed by atoms with E-state index in [-0.39, 0.29) is 0 Å². The molecule has 0 aliphatic rings. The van der Waals surface area contributed by atoms with Crippen LogP contribution in [0.15, 0.2) is 36.4 Å². The third-order valence-electron chi connectivity index (χ3n) is 1.26. The Morgan fingerprint density at radius 2 is 2.18 bits per heavy atom. The molecule has 2 heteroatoms. The van der Waals surface area contributed by atoms with Gasteiger partial charge in [-0.25, -0.2) is 4.39 Å². The van der Waals surface area contributed by atoms with Crippen LogP contribution in [0.2, 0.25) is 0 Å². The summed E-state index contributed by atoms with van der Waals surface area (Å²) in [4.78, 5) is 0. The molecule has 0 heterocycles. The van der Waals surface area contributed by atoms with E-state index in [0.717, 1.165) is 0 Å². The normalized spacial score (nSPS) is 11.9. The van der Waals surface area contributed by atoms with Crippen molar-refractivity contribution < 1.29 is 9.13 Å². The fourth-order valence-electron chi connectivity index (χ4n) is 0.609. The highest BCUT2D eigenvalue weighted by Gasteiger charge is 2.01. The summed E-state index contributed by atoms with van der Waals surface area (Å²) in [6.07, 6.45) is 1.48. The molecular weight excluding hydrogens is 143 g/mol. The molecule has 0 spiro atoms. The summed E-state index contributed by atoms with van der Waals surface area (Å²) in [5.41, 5.74) is 0.404. The second-order valence-electron chi connectivity index (χ2n) is 2.03. The molecule has 0 aromatic rings. The summed E-state index contributed by atoms with van der Waals surface area (Å²) >= 11 is 0. The molecule has 0 amide bonds. The lowest BCUT2D eigenvalue weighted by molar-refractivity contribution is 0.238. The van der Waals surface area contributed by atoms with Crippen LogP contribution in [-0.4, -0.2) is 6.61 Å². The van der Waals surface area contributed by atoms with Gasteiger partial charge in [-0.3, -0.25) is 0 Å². The minimum atomic E-state index is -0.478. The van der Waals surface area contributed by atoms with E-state index in [0.29, 0.717) is 17.9 Å². The monoisotopic (exact) mass is 156 g/mol. The predicted molar refractivity (Wildman–Crippen MR) is 44.8 cm³/mol. The van der Waals surface area contributed by atoms with E-state index in [1.165, 1.54) is 6.08 Å². The first kappa shape index (κ1) is 9.95. The van der Waals surface area contributed by atoms with Gasteiger partial charge in [0.25, 0.3) is 0 Å². The molecule has 0 atom stereocenters. The molecular formula is C9H13FO. The lowest BCUT2D eigenvalue weighted by atomic mass is 10.2. The van der Waals surface area contributed by atoms with E-state index in [1.54, 1.807) is 6.92 Å². The van der Waals surface area contributed by atoms with Gasteiger partial charge in [-0.2, -0.15) is 0 Å². The zero-order valence-corrected chi connectivity index (χ0v) is 6.98. The van der Waals surface area contributed by atoms with Crippen LogP contribution in [-0.2, 0) is 4.74 Å². The fraction of sp³-hybridized carbons (Fsp3) is 0.333. The van der Waals surface area contributed by atoms with Gasteiger partial charge in [0.1, 0.15) is 11.6 Å². The van der Waals surface area contributed by atoms with Crippen molar-refractivity contribution in [2.75, 3.05) is 6.61 Å². The molecule has 1 nitrogen and oxygen atoms in total. The molecule has 0 aromatic heterocycles. The molecule has 0 aliphatic carbocycles. The maximum atomic E-state index is 12.5. The van der Waals surface area contributed by atoms with E-state index in [4.69, 9.17) is 4.74 Å². The average molecular weight is 156 g/mol. The molecule has 0 saturated carbocycles. The second-order valence-corrected chi connectivity index (χ2v) is 2.03. The van der Waals surface area contributed by atoms with E-state index < -0.39 is 5.83 Å². The van der Waals surface area contributed by atoms with Crippen molar-refractivity contribution in [3.05, 3.63) is 36.4 Å². The molecule has 0 aromatic carbocycles. The third-order valence-corrected chi connectivity index (χ3v) is 1.26. The van der Waals surface area contributed by atoms with Crippen molar-refractivity contribution in [3.8, 4) is 0 Å². The first-order valence-corrected chi connectivity index (χ1v) is 3.44. The lowest BCUT2D eigenvalue weighted by Gasteiger charge is -2.06. The highest BCUT2D eigenvalue weighted by atomic mass is 19.1. The first-order chi connectivity index (χ1) is 5.13. The van der Waals surface area contributed by atoms with Gasteiger partial charge >= 0.3 is 0 Å². The maximum Gasteiger partial charge on any atom is 0.124 e. The Morgan fingerprint density at radius 3 is 2.45 bits per heavy atom. The molecule has 0 radical (unpaired) electrons. The SMILES string of the molecule is C=C/C(OCC)=C(/C)C(=C)F. The van der Waals surface area contributed by atoms with E-state index in [9.17, 15) is 4.39 Å². The van der Waals surface area contributed by atoms with E-state index in [2.05, 4.69) is 13.2 Å². The van der Waals surface area contributed by atoms with Crippen molar-refractivity contribution in [3.63, 3.8) is 0 Å². The summed E-state index contributed by atoms with van der Waals surface area (Å²) in [7, 11) is 0. The Bertz CT molecular complexity index is 192. The minimum Gasteiger partial charge on any atom is -0.494 e. The van der Waals surface area contributed by atoms with Crippen LogP contribution in [0.1, 0.15) is 13.8 Å². The van der Waals surface area contributed by atoms with Crippen LogP contribution < -0.4 is 0 Å². The zero-order chi connectivity index (χ0) is 8.85. The number of hydrogen-bond acceptors (Lipinski definition) is 1. The zero-order valence-electron chi connectivity index (χ0n) is 6.98. The molecule has 11 heavy (non-hydrogen) atoms. The molecule has 0 aliphatic heterocycles. The van der Waals surface area contributed by atoms with Gasteiger partial charge in [-0.15, -0.1) is 0 Å². The van der Waals surface area contributed by atoms with Gasteiger partial charge in [0.05, 0.1) is 6.61 Å². The topological polar surface area (TPSA) is 9.23 Å². The molecule has 62 valence electrons. The van der Waals surface area contributed by atoms with Crippen molar-refractivity contribution in [2.24, 2.45) is 0 Å². The summed E-state index contributed by atoms with van der Waals surface area (Å²) in [5.74, 6) is -0.0200. The van der Waals surface area contributed by atoms with Crippen LogP contribution >= 0.6 is 0 Å². The highest BCUT2D eigenvalue weighted by molar-refractivity contribution is 5.28. The van der Waals surface area contributed by atoms with Gasteiger partial charge < -0.3 is 4.74 Å². The lowest BCUT2D eigenvalue weighted by Crippen LogP contribution is -1.92. The van der Waals surface area contributed by atoms with E-state index >= 15 is 0 Å². The van der Waals surface area contributed by atoms with Gasteiger partial charge in [-0.1, -0.05) is 13.2 Å². The Hall–Kier alpha value is -1.05. The Kier molecular flexibility index (Phi) is 4.27. The maximum absolute atomic E-state index is 12.5. The van der Waals surface area contributed by atoms with Gasteiger partial charge in [0.2, 0.25) is 0 Å². The smallest absolute Gasteiger partial charge is 0.124 e. The molecule has 0 bridgehead atoms. The van der Waals surface area contributed by atoms with Crippen LogP contribution in [0.5, 0.6) is 0 Å². The molecule has 0 rings (SSSR count). The number of allylic oxidation sites excluding steroid dienone is 3. The van der Waals surface area contributed by atoms with Crippen LogP contribution in [0, 0.1) is 0 Å². The average Bonchev–Trinajstić information content (AvgIpc) is 1.98. The standard InChI is InChI=1S/C9H13FO/c1-5-9(11-6-2)7(3)8(4)10/h5H,1,4,6H2,2-3H3/b9-7+. The molecule has 0 fully saturated rings. The van der Waals surface area contributed by atoms with Crippen molar-refractivity contribution >= 4 is 0 Å². The van der Waals surface area contributed by atoms with Gasteiger partial charge in [0.15, 0.2) is 0 Å². The van der Waals surface area contributed by atoms with Gasteiger partial charge in [0, 0.05) is 5.57 Å². The van der Waals surface area contributed by atoms with Crippen LogP contribution in [0.25, 0.3) is 0 Å². The van der Waals surface area contributed by atoms with Crippen LogP contribution in [0.3, 0.4) is 0 Å². The van der Waals surface area contributed by atoms with Crippen molar-refractivity contribution in [1.29, 1.82) is 0 Å². The van der Waals surface area contributed by atoms with Gasteiger partial charge in [-0.05, 0) is 19.9 Å². The third kappa shape index (κ3) is 3.03. The molecule has 0 unspecified atom stereocenters. The first-order valence-electron chi connectivity index (χ1n) is 3.44. The summed E-state index contributed by atoms with van der Waals surface area (Å²) in [6.45, 7) is 10.6. The number of hydrogen-bond donors (Lipinski definition) is 0. The second kappa shape index (κ2) is 4.72. The summed E-state index contributed by atoms with van der Waals surface area (Å²) in [6, 6.07) is 0. The fourth-order valence-corrected chi connectivity index (χ4v) is 0.609. The van der Waals surface area contributed by atoms with E-state index in [1.807, 2.05) is 6.92 Å². The van der Waals surface area contributed by atoms with Crippen molar-refractivity contribution in [2.45, 2.75) is 13.8 Å². The number of halogens is 1. The Balaban J connectivity index is 4.53. The Morgan fingerprint density at radius 1 is 1.64 bits per heavy atom. The quantitative estimate of drug-likeness (QED) is 0.449. The highest BCUT2D eigenvalue weighted by Crippen LogP contribution is 2.15. The number of rotatable bonds is 4. The van der Waals surface area contributed by atoms with Crippen molar-refractivity contribution in [1.82, 2.24) is 0 Å². The molecule has 0 N–H and O–H groups in total.